The number of nitrogens with zero attached hydrogens (tertiary/aromatic N) is 2. The van der Waals surface area contributed by atoms with E-state index in [1.165, 1.54) is 36.4 Å². The number of anilines is 1. The van der Waals surface area contributed by atoms with E-state index >= 15 is 0 Å². The topological polar surface area (TPSA) is 66.9 Å². The number of aromatic nitrogens is 2. The fourth-order valence-corrected chi connectivity index (χ4v) is 4.03. The molecule has 0 spiro atoms. The highest BCUT2D eigenvalue weighted by Gasteiger charge is 2.58. The first-order chi connectivity index (χ1) is 14.9. The summed E-state index contributed by atoms with van der Waals surface area (Å²) in [6, 6.07) is 12.1. The molecule has 0 unspecified atom stereocenters. The largest absolute Gasteiger partial charge is 0.326 e. The summed E-state index contributed by atoms with van der Waals surface area (Å²) >= 11 is 0. The maximum atomic E-state index is 13.9. The van der Waals surface area contributed by atoms with Gasteiger partial charge in [0.1, 0.15) is 17.5 Å². The van der Waals surface area contributed by atoms with Crippen LogP contribution in [0.25, 0.3) is 0 Å². The molecule has 1 heterocycles. The van der Waals surface area contributed by atoms with Gasteiger partial charge in [0.2, 0.25) is 5.91 Å². The minimum absolute atomic E-state index is 0.160. The number of aryl methyl sites for hydroxylation is 2. The van der Waals surface area contributed by atoms with Gasteiger partial charge >= 0.3 is 0 Å². The van der Waals surface area contributed by atoms with Crippen molar-refractivity contribution in [3.63, 3.8) is 0 Å². The second kappa shape index (κ2) is 8.51. The van der Waals surface area contributed by atoms with Gasteiger partial charge in [0.15, 0.2) is 0 Å². The van der Waals surface area contributed by atoms with Crippen LogP contribution in [0.3, 0.4) is 0 Å². The SMILES string of the molecule is Cc1ncc(CNC[C@@]2(c3cccc(F)c3)C[C@H]2C(=O)Nc2ccc(F)cc2)c(C)n1. The Morgan fingerprint density at radius 2 is 1.90 bits per heavy atom. The number of hydrogen-bond acceptors (Lipinski definition) is 4. The number of halogens is 2. The zero-order valence-electron chi connectivity index (χ0n) is 17.5. The zero-order valence-corrected chi connectivity index (χ0v) is 17.5. The van der Waals surface area contributed by atoms with Crippen LogP contribution in [0.4, 0.5) is 14.5 Å². The Kier molecular flexibility index (Phi) is 5.78. The predicted molar refractivity (Wildman–Crippen MR) is 114 cm³/mol. The molecule has 31 heavy (non-hydrogen) atoms. The third-order valence-corrected chi connectivity index (χ3v) is 5.86. The number of nitrogens with one attached hydrogen (secondary N) is 2. The number of amides is 1. The monoisotopic (exact) mass is 422 g/mol. The van der Waals surface area contributed by atoms with Crippen molar-refractivity contribution in [3.8, 4) is 0 Å². The molecule has 1 saturated carbocycles. The zero-order chi connectivity index (χ0) is 22.0. The van der Waals surface area contributed by atoms with E-state index in [0.29, 0.717) is 25.2 Å². The van der Waals surface area contributed by atoms with Crippen molar-refractivity contribution in [3.05, 3.63) is 89.0 Å². The molecule has 5 nitrogen and oxygen atoms in total. The van der Waals surface area contributed by atoms with Crippen LogP contribution in [0, 0.1) is 31.4 Å². The first-order valence-electron chi connectivity index (χ1n) is 10.2. The Bertz CT molecular complexity index is 1100. The lowest BCUT2D eigenvalue weighted by molar-refractivity contribution is -0.117. The second-order valence-electron chi connectivity index (χ2n) is 8.05. The van der Waals surface area contributed by atoms with Crippen LogP contribution >= 0.6 is 0 Å². The highest BCUT2D eigenvalue weighted by Crippen LogP contribution is 2.54. The molecule has 2 atom stereocenters. The van der Waals surface area contributed by atoms with E-state index in [-0.39, 0.29) is 23.5 Å². The molecule has 1 fully saturated rings. The van der Waals surface area contributed by atoms with Gasteiger partial charge in [-0.3, -0.25) is 4.79 Å². The standard InChI is InChI=1S/C24H24F2N4O/c1-15-17(13-28-16(2)29-15)12-27-14-24(18-4-3-5-20(26)10-18)11-22(24)23(31)30-21-8-6-19(25)7-9-21/h3-10,13,22,27H,11-12,14H2,1-2H3,(H,30,31)/t22-,24+/m0/s1. The third-order valence-electron chi connectivity index (χ3n) is 5.86. The molecule has 1 aliphatic carbocycles. The fraction of sp³-hybridized carbons (Fsp3) is 0.292. The molecule has 4 rings (SSSR count). The molecular formula is C24H24F2N4O. The normalized spacial score (nSPS) is 19.8. The quantitative estimate of drug-likeness (QED) is 0.603. The third kappa shape index (κ3) is 4.61. The first kappa shape index (κ1) is 21.1. The summed E-state index contributed by atoms with van der Waals surface area (Å²) in [6.45, 7) is 4.84. The Morgan fingerprint density at radius 1 is 1.13 bits per heavy atom. The van der Waals surface area contributed by atoms with Crippen LogP contribution in [0.15, 0.2) is 54.7 Å². The molecule has 1 amide bonds. The summed E-state index contributed by atoms with van der Waals surface area (Å²) < 4.78 is 27.1. The number of hydrogen-bond donors (Lipinski definition) is 2. The van der Waals surface area contributed by atoms with Gasteiger partial charge in [0.05, 0.1) is 5.92 Å². The summed E-state index contributed by atoms with van der Waals surface area (Å²) in [5.74, 6) is -0.450. The van der Waals surface area contributed by atoms with Gasteiger partial charge in [0, 0.05) is 41.6 Å². The van der Waals surface area contributed by atoms with Crippen molar-refractivity contribution in [2.75, 3.05) is 11.9 Å². The van der Waals surface area contributed by atoms with Crippen molar-refractivity contribution in [1.29, 1.82) is 0 Å². The minimum Gasteiger partial charge on any atom is -0.326 e. The van der Waals surface area contributed by atoms with Crippen molar-refractivity contribution in [2.45, 2.75) is 32.2 Å². The smallest absolute Gasteiger partial charge is 0.228 e. The first-order valence-corrected chi connectivity index (χ1v) is 10.2. The van der Waals surface area contributed by atoms with E-state index in [2.05, 4.69) is 20.6 Å². The van der Waals surface area contributed by atoms with Gasteiger partial charge < -0.3 is 10.6 Å². The number of carbonyl (C=O) groups excluding carboxylic acids is 1. The van der Waals surface area contributed by atoms with Crippen LogP contribution in [0.2, 0.25) is 0 Å². The summed E-state index contributed by atoms with van der Waals surface area (Å²) in [6.07, 6.45) is 2.39. The van der Waals surface area contributed by atoms with Crippen LogP contribution in [0.1, 0.15) is 29.1 Å². The van der Waals surface area contributed by atoms with E-state index in [0.717, 1.165) is 22.6 Å². The van der Waals surface area contributed by atoms with Crippen molar-refractivity contribution in [2.24, 2.45) is 5.92 Å². The summed E-state index contributed by atoms with van der Waals surface area (Å²) in [7, 11) is 0. The van der Waals surface area contributed by atoms with Crippen LogP contribution < -0.4 is 10.6 Å². The number of benzene rings is 2. The number of rotatable bonds is 7. The van der Waals surface area contributed by atoms with Crippen LogP contribution in [-0.4, -0.2) is 22.4 Å². The lowest BCUT2D eigenvalue weighted by Gasteiger charge is -2.19. The average Bonchev–Trinajstić information content (AvgIpc) is 3.47. The molecule has 1 aromatic heterocycles. The lowest BCUT2D eigenvalue weighted by Crippen LogP contribution is -2.31. The van der Waals surface area contributed by atoms with Crippen molar-refractivity contribution >= 4 is 11.6 Å². The summed E-state index contributed by atoms with van der Waals surface area (Å²) in [4.78, 5) is 21.5. The molecule has 7 heteroatoms. The predicted octanol–water partition coefficient (Wildman–Crippen LogP) is 4.06. The second-order valence-corrected chi connectivity index (χ2v) is 8.05. The van der Waals surface area contributed by atoms with Gasteiger partial charge in [-0.1, -0.05) is 12.1 Å². The highest BCUT2D eigenvalue weighted by atomic mass is 19.1. The van der Waals surface area contributed by atoms with E-state index in [1.54, 1.807) is 12.3 Å². The average molecular weight is 422 g/mol. The Labute approximate surface area is 179 Å². The maximum Gasteiger partial charge on any atom is 0.228 e. The Balaban J connectivity index is 1.50. The summed E-state index contributed by atoms with van der Waals surface area (Å²) in [5.41, 5.74) is 2.70. The molecule has 160 valence electrons. The molecule has 0 radical (unpaired) electrons. The van der Waals surface area contributed by atoms with Gasteiger partial charge in [-0.05, 0) is 62.2 Å². The molecular weight excluding hydrogens is 398 g/mol. The maximum absolute atomic E-state index is 13.9. The Morgan fingerprint density at radius 3 is 2.61 bits per heavy atom. The van der Waals surface area contributed by atoms with E-state index in [4.69, 9.17) is 0 Å². The molecule has 2 aromatic carbocycles. The lowest BCUT2D eigenvalue weighted by atomic mass is 9.92. The number of carbonyl (C=O) groups is 1. The molecule has 3 aromatic rings. The summed E-state index contributed by atoms with van der Waals surface area (Å²) in [5, 5.41) is 6.25. The molecule has 1 aliphatic rings. The molecule has 2 N–H and O–H groups in total. The van der Waals surface area contributed by atoms with Gasteiger partial charge in [0.25, 0.3) is 0 Å². The van der Waals surface area contributed by atoms with E-state index in [1.807, 2.05) is 19.9 Å². The highest BCUT2D eigenvalue weighted by molar-refractivity contribution is 5.96. The van der Waals surface area contributed by atoms with Crippen LogP contribution in [0.5, 0.6) is 0 Å². The van der Waals surface area contributed by atoms with E-state index < -0.39 is 5.41 Å². The Hall–Kier alpha value is -3.19. The van der Waals surface area contributed by atoms with E-state index in [9.17, 15) is 13.6 Å². The molecule has 0 saturated heterocycles. The van der Waals surface area contributed by atoms with Crippen molar-refractivity contribution in [1.82, 2.24) is 15.3 Å². The van der Waals surface area contributed by atoms with Gasteiger partial charge in [-0.25, -0.2) is 18.7 Å². The fourth-order valence-electron chi connectivity index (χ4n) is 4.03. The van der Waals surface area contributed by atoms with Gasteiger partial charge in [-0.15, -0.1) is 0 Å². The van der Waals surface area contributed by atoms with Crippen LogP contribution in [-0.2, 0) is 16.8 Å². The minimum atomic E-state index is -0.508. The molecule has 0 bridgehead atoms. The van der Waals surface area contributed by atoms with Crippen molar-refractivity contribution < 1.29 is 13.6 Å². The van der Waals surface area contributed by atoms with Gasteiger partial charge in [-0.2, -0.15) is 0 Å². The molecule has 0 aliphatic heterocycles.